The number of ether oxygens (including phenoxy) is 1. The van der Waals surface area contributed by atoms with Crippen molar-refractivity contribution in [2.24, 2.45) is 0 Å². The van der Waals surface area contributed by atoms with Crippen molar-refractivity contribution in [3.63, 3.8) is 0 Å². The Hall–Kier alpha value is -0.220. The van der Waals surface area contributed by atoms with E-state index in [9.17, 15) is 16.8 Å². The van der Waals surface area contributed by atoms with Gasteiger partial charge in [-0.25, -0.2) is 0 Å². The van der Waals surface area contributed by atoms with E-state index in [-0.39, 0.29) is 13.2 Å². The Balaban J connectivity index is 4.03. The Morgan fingerprint density at radius 1 is 0.933 bits per heavy atom. The molecular weight excluding hydrogens is 248 g/mol. The third-order valence-corrected chi connectivity index (χ3v) is 4.03. The van der Waals surface area contributed by atoms with Crippen LogP contribution in [-0.2, 0) is 25.0 Å². The largest absolute Gasteiger partial charge is 0.379 e. The first-order chi connectivity index (χ1) is 6.55. The van der Waals surface area contributed by atoms with Crippen molar-refractivity contribution in [1.29, 1.82) is 0 Å². The molecule has 0 spiro atoms. The normalized spacial score (nSPS) is 17.3. The molecule has 15 heavy (non-hydrogen) atoms. The summed E-state index contributed by atoms with van der Waals surface area (Å²) in [5.41, 5.74) is 0. The topological polar surface area (TPSA) is 118 Å². The molecule has 0 aromatic carbocycles. The van der Waals surface area contributed by atoms with E-state index >= 15 is 0 Å². The molecule has 0 aliphatic heterocycles. The zero-order valence-corrected chi connectivity index (χ0v) is 9.95. The van der Waals surface area contributed by atoms with Crippen LogP contribution >= 0.6 is 0 Å². The lowest BCUT2D eigenvalue weighted by Crippen LogP contribution is -2.27. The minimum absolute atomic E-state index is 0.335. The van der Waals surface area contributed by atoms with Gasteiger partial charge in [0.1, 0.15) is 10.5 Å². The molecule has 9 heteroatoms. The van der Waals surface area contributed by atoms with Gasteiger partial charge in [-0.3, -0.25) is 9.11 Å². The van der Waals surface area contributed by atoms with Crippen LogP contribution in [0.4, 0.5) is 0 Å². The van der Waals surface area contributed by atoms with Crippen LogP contribution in [-0.4, -0.2) is 49.7 Å². The third kappa shape index (κ3) is 6.05. The van der Waals surface area contributed by atoms with Crippen LogP contribution < -0.4 is 0 Å². The van der Waals surface area contributed by atoms with Crippen LogP contribution in [0.5, 0.6) is 0 Å². The van der Waals surface area contributed by atoms with Crippen LogP contribution in [0, 0.1) is 0 Å². The highest BCUT2D eigenvalue weighted by molar-refractivity contribution is 7.86. The fraction of sp³-hybridized carbons (Fsp3) is 1.00. The second-order valence-electron chi connectivity index (χ2n) is 3.19. The second kappa shape index (κ2) is 5.21. The summed E-state index contributed by atoms with van der Waals surface area (Å²) >= 11 is 0. The lowest BCUT2D eigenvalue weighted by Gasteiger charge is -2.11. The predicted octanol–water partition coefficient (Wildman–Crippen LogP) is -0.444. The SMILES string of the molecule is CC(COCC(C)S(=O)(=O)O)S(=O)(=O)O. The van der Waals surface area contributed by atoms with Gasteiger partial charge < -0.3 is 4.74 Å². The molecule has 2 N–H and O–H groups in total. The van der Waals surface area contributed by atoms with Crippen molar-refractivity contribution < 1.29 is 30.7 Å². The first kappa shape index (κ1) is 14.8. The van der Waals surface area contributed by atoms with Gasteiger partial charge in [0.25, 0.3) is 20.2 Å². The summed E-state index contributed by atoms with van der Waals surface area (Å²) < 4.78 is 63.9. The van der Waals surface area contributed by atoms with E-state index in [0.29, 0.717) is 0 Å². The van der Waals surface area contributed by atoms with E-state index in [0.717, 1.165) is 0 Å². The highest BCUT2D eigenvalue weighted by Crippen LogP contribution is 2.02. The molecule has 0 amide bonds. The smallest absolute Gasteiger partial charge is 0.269 e. The van der Waals surface area contributed by atoms with Gasteiger partial charge in [0.15, 0.2) is 0 Å². The minimum Gasteiger partial charge on any atom is -0.379 e. The Morgan fingerprint density at radius 3 is 1.40 bits per heavy atom. The van der Waals surface area contributed by atoms with Gasteiger partial charge in [-0.1, -0.05) is 0 Å². The molecule has 0 saturated heterocycles. The molecule has 0 heterocycles. The molecular formula is C6H14O7S2. The standard InChI is InChI=1S/C6H14O7S2/c1-5(14(7,8)9)3-13-4-6(2)15(10,11)12/h5-6H,3-4H2,1-2H3,(H,7,8,9)(H,10,11,12). The van der Waals surface area contributed by atoms with Crippen molar-refractivity contribution in [3.8, 4) is 0 Å². The molecule has 0 aromatic rings. The first-order valence-electron chi connectivity index (χ1n) is 4.05. The van der Waals surface area contributed by atoms with Gasteiger partial charge in [0, 0.05) is 0 Å². The van der Waals surface area contributed by atoms with Crippen molar-refractivity contribution in [1.82, 2.24) is 0 Å². The number of hydrogen-bond donors (Lipinski definition) is 2. The number of hydrogen-bond acceptors (Lipinski definition) is 5. The summed E-state index contributed by atoms with van der Waals surface area (Å²) in [7, 11) is -8.35. The van der Waals surface area contributed by atoms with E-state index in [1.54, 1.807) is 0 Å². The zero-order valence-electron chi connectivity index (χ0n) is 8.32. The molecule has 0 radical (unpaired) electrons. The summed E-state index contributed by atoms with van der Waals surface area (Å²) in [6.45, 7) is 1.76. The average molecular weight is 262 g/mol. The summed E-state index contributed by atoms with van der Waals surface area (Å²) in [6.07, 6.45) is 0. The molecule has 0 aromatic heterocycles. The molecule has 0 saturated carbocycles. The lowest BCUT2D eigenvalue weighted by atomic mass is 10.5. The van der Waals surface area contributed by atoms with Crippen LogP contribution in [0.25, 0.3) is 0 Å². The molecule has 92 valence electrons. The van der Waals surface area contributed by atoms with Gasteiger partial charge in [-0.05, 0) is 13.8 Å². The average Bonchev–Trinajstić information content (AvgIpc) is 2.00. The Labute approximate surface area is 88.9 Å². The van der Waals surface area contributed by atoms with Crippen molar-refractivity contribution >= 4 is 20.2 Å². The highest BCUT2D eigenvalue weighted by Gasteiger charge is 2.21. The molecule has 0 fully saturated rings. The molecule has 0 rings (SSSR count). The summed E-state index contributed by atoms with van der Waals surface area (Å²) in [5.74, 6) is 0. The van der Waals surface area contributed by atoms with E-state index in [1.807, 2.05) is 0 Å². The van der Waals surface area contributed by atoms with Crippen molar-refractivity contribution in [3.05, 3.63) is 0 Å². The summed E-state index contributed by atoms with van der Waals surface area (Å²) in [5, 5.41) is -2.27. The van der Waals surface area contributed by atoms with E-state index in [1.165, 1.54) is 13.8 Å². The molecule has 7 nitrogen and oxygen atoms in total. The Kier molecular flexibility index (Phi) is 5.14. The van der Waals surface area contributed by atoms with Gasteiger partial charge in [-0.2, -0.15) is 16.8 Å². The van der Waals surface area contributed by atoms with Gasteiger partial charge >= 0.3 is 0 Å². The van der Waals surface area contributed by atoms with Crippen LogP contribution in [0.2, 0.25) is 0 Å². The van der Waals surface area contributed by atoms with Crippen LogP contribution in [0.1, 0.15) is 13.8 Å². The Bertz CT molecular complexity index is 344. The van der Waals surface area contributed by atoms with Crippen molar-refractivity contribution in [2.75, 3.05) is 13.2 Å². The molecule has 2 unspecified atom stereocenters. The van der Waals surface area contributed by atoms with E-state index < -0.39 is 30.7 Å². The third-order valence-electron chi connectivity index (χ3n) is 1.72. The lowest BCUT2D eigenvalue weighted by molar-refractivity contribution is 0.135. The minimum atomic E-state index is -4.17. The quantitative estimate of drug-likeness (QED) is 0.622. The fourth-order valence-corrected chi connectivity index (χ4v) is 1.11. The molecule has 0 bridgehead atoms. The Morgan fingerprint density at radius 2 is 1.20 bits per heavy atom. The molecule has 0 aliphatic carbocycles. The maximum Gasteiger partial charge on any atom is 0.269 e. The zero-order chi connectivity index (χ0) is 12.3. The van der Waals surface area contributed by atoms with Gasteiger partial charge in [0.05, 0.1) is 13.2 Å². The maximum absolute atomic E-state index is 10.5. The second-order valence-corrected chi connectivity index (χ2v) is 6.86. The van der Waals surface area contributed by atoms with Crippen LogP contribution in [0.15, 0.2) is 0 Å². The van der Waals surface area contributed by atoms with Crippen LogP contribution in [0.3, 0.4) is 0 Å². The monoisotopic (exact) mass is 262 g/mol. The number of rotatable bonds is 6. The first-order valence-corrected chi connectivity index (χ1v) is 7.06. The molecule has 2 atom stereocenters. The highest BCUT2D eigenvalue weighted by atomic mass is 32.2. The fourth-order valence-electron chi connectivity index (χ4n) is 0.572. The van der Waals surface area contributed by atoms with Gasteiger partial charge in [0.2, 0.25) is 0 Å². The summed E-state index contributed by atoms with van der Waals surface area (Å²) in [6, 6.07) is 0. The maximum atomic E-state index is 10.5. The van der Waals surface area contributed by atoms with Crippen molar-refractivity contribution in [2.45, 2.75) is 24.3 Å². The molecule has 0 aliphatic rings. The summed E-state index contributed by atoms with van der Waals surface area (Å²) in [4.78, 5) is 0. The van der Waals surface area contributed by atoms with E-state index in [4.69, 9.17) is 13.8 Å². The van der Waals surface area contributed by atoms with E-state index in [2.05, 4.69) is 0 Å². The van der Waals surface area contributed by atoms with Gasteiger partial charge in [-0.15, -0.1) is 0 Å². The predicted molar refractivity (Wildman–Crippen MR) is 52.8 cm³/mol.